The summed E-state index contributed by atoms with van der Waals surface area (Å²) in [5, 5.41) is 3.64. The molecule has 0 aliphatic carbocycles. The summed E-state index contributed by atoms with van der Waals surface area (Å²) in [7, 11) is 2.02. The third-order valence-electron chi connectivity index (χ3n) is 6.86. The van der Waals surface area contributed by atoms with Crippen molar-refractivity contribution in [1.29, 1.82) is 0 Å². The van der Waals surface area contributed by atoms with Crippen molar-refractivity contribution in [2.45, 2.75) is 32.4 Å². The highest BCUT2D eigenvalue weighted by atomic mass is 35.5. The fourth-order valence-corrected chi connectivity index (χ4v) is 4.65. The van der Waals surface area contributed by atoms with Crippen molar-refractivity contribution in [3.05, 3.63) is 53.5 Å². The first-order chi connectivity index (χ1) is 18.2. The van der Waals surface area contributed by atoms with Crippen molar-refractivity contribution >= 4 is 57.4 Å². The Hall–Kier alpha value is -3.96. The summed E-state index contributed by atoms with van der Waals surface area (Å²) in [6, 6.07) is 5.38. The van der Waals surface area contributed by atoms with Crippen LogP contribution in [-0.2, 0) is 4.79 Å². The van der Waals surface area contributed by atoms with Gasteiger partial charge in [0.15, 0.2) is 5.58 Å². The molecule has 1 aliphatic heterocycles. The predicted octanol–water partition coefficient (Wildman–Crippen LogP) is 3.73. The zero-order valence-electron chi connectivity index (χ0n) is 21.4. The standard InChI is InChI=1S/C26H29ClN8O3/c1-15(2)33(3)9-4-5-21(36)34-10-8-17(12-34)35-13-18(22-23(28)29-14-30-24(22)35)25(37)32-26-31-19-11-16(27)6-7-20(19)38-26/h4-7,11,13-15,17H,8-10,12H2,1-3H3,(H2,28,29,30)(H,31,32,37)/b5-4+. The number of nitrogen functional groups attached to an aromatic ring is 1. The summed E-state index contributed by atoms with van der Waals surface area (Å²) in [4.78, 5) is 42.8. The number of benzene rings is 1. The molecule has 0 spiro atoms. The van der Waals surface area contributed by atoms with Crippen LogP contribution in [0.25, 0.3) is 22.1 Å². The smallest absolute Gasteiger partial charge is 0.302 e. The highest BCUT2D eigenvalue weighted by molar-refractivity contribution is 6.31. The van der Waals surface area contributed by atoms with E-state index in [0.29, 0.717) is 64.8 Å². The lowest BCUT2D eigenvalue weighted by molar-refractivity contribution is -0.125. The number of nitrogens with zero attached hydrogens (tertiary/aromatic N) is 6. The number of fused-ring (bicyclic) bond motifs is 2. The Kier molecular flexibility index (Phi) is 7.04. The lowest BCUT2D eigenvalue weighted by Gasteiger charge is -2.19. The van der Waals surface area contributed by atoms with Gasteiger partial charge in [-0.3, -0.25) is 14.9 Å². The topological polar surface area (TPSA) is 135 Å². The normalized spacial score (nSPS) is 16.1. The van der Waals surface area contributed by atoms with Crippen LogP contribution in [0.5, 0.6) is 0 Å². The molecule has 0 saturated carbocycles. The number of likely N-dealkylation sites (N-methyl/N-ethyl adjacent to an activating group) is 1. The minimum atomic E-state index is -0.462. The third-order valence-corrected chi connectivity index (χ3v) is 7.09. The van der Waals surface area contributed by atoms with Crippen LogP contribution in [0.1, 0.15) is 36.7 Å². The predicted molar refractivity (Wildman–Crippen MR) is 146 cm³/mol. The van der Waals surface area contributed by atoms with Gasteiger partial charge in [-0.15, -0.1) is 0 Å². The van der Waals surface area contributed by atoms with E-state index in [1.807, 2.05) is 17.7 Å². The number of likely N-dealkylation sites (tertiary alicyclic amines) is 1. The number of nitrogens with one attached hydrogen (secondary N) is 1. The molecule has 3 N–H and O–H groups in total. The molecule has 198 valence electrons. The number of aromatic nitrogens is 4. The van der Waals surface area contributed by atoms with Gasteiger partial charge in [0.05, 0.1) is 17.0 Å². The summed E-state index contributed by atoms with van der Waals surface area (Å²) in [6.45, 7) is 6.00. The van der Waals surface area contributed by atoms with E-state index in [4.69, 9.17) is 21.8 Å². The minimum absolute atomic E-state index is 0.0377. The van der Waals surface area contributed by atoms with Crippen LogP contribution in [-0.4, -0.2) is 73.9 Å². The number of anilines is 2. The maximum atomic E-state index is 13.3. The van der Waals surface area contributed by atoms with Crippen LogP contribution in [0.15, 0.2) is 47.3 Å². The molecule has 1 aliphatic rings. The molecule has 4 aromatic rings. The van der Waals surface area contributed by atoms with Crippen molar-refractivity contribution < 1.29 is 14.0 Å². The van der Waals surface area contributed by atoms with Crippen LogP contribution < -0.4 is 11.1 Å². The van der Waals surface area contributed by atoms with E-state index in [1.165, 1.54) is 6.33 Å². The van der Waals surface area contributed by atoms with E-state index in [2.05, 4.69) is 39.0 Å². The first-order valence-electron chi connectivity index (χ1n) is 12.4. The zero-order chi connectivity index (χ0) is 27.0. The molecule has 11 nitrogen and oxygen atoms in total. The first kappa shape index (κ1) is 25.7. The fourth-order valence-electron chi connectivity index (χ4n) is 4.48. The molecule has 2 amide bonds. The monoisotopic (exact) mass is 536 g/mol. The maximum Gasteiger partial charge on any atom is 0.302 e. The maximum absolute atomic E-state index is 13.3. The van der Waals surface area contributed by atoms with Gasteiger partial charge in [0.25, 0.3) is 5.91 Å². The zero-order valence-corrected chi connectivity index (χ0v) is 22.1. The molecule has 5 rings (SSSR count). The Balaban J connectivity index is 1.36. The Morgan fingerprint density at radius 2 is 2.16 bits per heavy atom. The van der Waals surface area contributed by atoms with Crippen LogP contribution in [0, 0.1) is 0 Å². The Labute approximate surface area is 224 Å². The van der Waals surface area contributed by atoms with Crippen LogP contribution >= 0.6 is 11.6 Å². The van der Waals surface area contributed by atoms with Gasteiger partial charge in [0.1, 0.15) is 23.3 Å². The second-order valence-electron chi connectivity index (χ2n) is 9.66. The summed E-state index contributed by atoms with van der Waals surface area (Å²) in [5.41, 5.74) is 8.02. The fraction of sp³-hybridized carbons (Fsp3) is 0.346. The minimum Gasteiger partial charge on any atom is -0.423 e. The summed E-state index contributed by atoms with van der Waals surface area (Å²) < 4.78 is 7.54. The lowest BCUT2D eigenvalue weighted by atomic mass is 10.2. The number of hydrogen-bond acceptors (Lipinski definition) is 8. The Morgan fingerprint density at radius 1 is 1.34 bits per heavy atom. The number of nitrogens with two attached hydrogens (primary N) is 1. The molecule has 1 atom stereocenters. The number of carbonyl (C=O) groups excluding carboxylic acids is 2. The van der Waals surface area contributed by atoms with E-state index in [9.17, 15) is 9.59 Å². The molecule has 1 saturated heterocycles. The van der Waals surface area contributed by atoms with E-state index in [1.54, 1.807) is 35.4 Å². The molecule has 1 fully saturated rings. The van der Waals surface area contributed by atoms with Gasteiger partial charge in [-0.1, -0.05) is 17.7 Å². The number of carbonyl (C=O) groups is 2. The molecule has 0 bridgehead atoms. The third kappa shape index (κ3) is 5.07. The first-order valence-corrected chi connectivity index (χ1v) is 12.7. The SMILES string of the molecule is CC(C)N(C)C/C=C/C(=O)N1CCC(n2cc(C(=O)Nc3nc4cc(Cl)ccc4o3)c3c(N)ncnc32)C1. The Morgan fingerprint density at radius 3 is 2.95 bits per heavy atom. The van der Waals surface area contributed by atoms with E-state index in [0.717, 1.165) is 0 Å². The number of rotatable bonds is 7. The molecule has 1 aromatic carbocycles. The summed E-state index contributed by atoms with van der Waals surface area (Å²) >= 11 is 6.03. The second-order valence-corrected chi connectivity index (χ2v) is 10.1. The largest absolute Gasteiger partial charge is 0.423 e. The van der Waals surface area contributed by atoms with Gasteiger partial charge in [-0.05, 0) is 45.5 Å². The van der Waals surface area contributed by atoms with Crippen LogP contribution in [0.2, 0.25) is 5.02 Å². The molecule has 38 heavy (non-hydrogen) atoms. The van der Waals surface area contributed by atoms with Crippen molar-refractivity contribution in [1.82, 2.24) is 29.3 Å². The van der Waals surface area contributed by atoms with E-state index < -0.39 is 5.91 Å². The number of amides is 2. The van der Waals surface area contributed by atoms with Gasteiger partial charge < -0.3 is 24.5 Å². The lowest BCUT2D eigenvalue weighted by Crippen LogP contribution is -2.29. The summed E-state index contributed by atoms with van der Waals surface area (Å²) in [5.74, 6) is -0.313. The molecule has 12 heteroatoms. The average Bonchev–Trinajstić information content (AvgIpc) is 3.60. The van der Waals surface area contributed by atoms with Crippen molar-refractivity contribution in [3.8, 4) is 0 Å². The number of oxazole rings is 1. The highest BCUT2D eigenvalue weighted by Gasteiger charge is 2.30. The van der Waals surface area contributed by atoms with Gasteiger partial charge in [0.2, 0.25) is 5.91 Å². The van der Waals surface area contributed by atoms with Crippen molar-refractivity contribution in [3.63, 3.8) is 0 Å². The molecule has 4 heterocycles. The van der Waals surface area contributed by atoms with E-state index in [-0.39, 0.29) is 23.8 Å². The van der Waals surface area contributed by atoms with Crippen LogP contribution in [0.3, 0.4) is 0 Å². The molecule has 1 unspecified atom stereocenters. The highest BCUT2D eigenvalue weighted by Crippen LogP contribution is 2.32. The van der Waals surface area contributed by atoms with E-state index >= 15 is 0 Å². The van der Waals surface area contributed by atoms with Gasteiger partial charge in [-0.25, -0.2) is 9.97 Å². The average molecular weight is 537 g/mol. The van der Waals surface area contributed by atoms with Gasteiger partial charge in [0, 0.05) is 43.0 Å². The van der Waals surface area contributed by atoms with Crippen molar-refractivity contribution in [2.75, 3.05) is 37.7 Å². The Bertz CT molecular complexity index is 1540. The quantitative estimate of drug-likeness (QED) is 0.341. The number of hydrogen-bond donors (Lipinski definition) is 2. The number of halogens is 1. The molecule has 3 aromatic heterocycles. The molecular formula is C26H29ClN8O3. The van der Waals surface area contributed by atoms with Crippen LogP contribution in [0.4, 0.5) is 11.8 Å². The van der Waals surface area contributed by atoms with Crippen molar-refractivity contribution in [2.24, 2.45) is 0 Å². The van der Waals surface area contributed by atoms with Gasteiger partial charge >= 0.3 is 6.01 Å². The molecular weight excluding hydrogens is 508 g/mol. The van der Waals surface area contributed by atoms with Gasteiger partial charge in [-0.2, -0.15) is 4.98 Å². The molecule has 0 radical (unpaired) electrons. The second kappa shape index (κ2) is 10.4. The summed E-state index contributed by atoms with van der Waals surface area (Å²) in [6.07, 6.45) is 7.30.